The van der Waals surface area contributed by atoms with Gasteiger partial charge in [0.2, 0.25) is 11.8 Å². The number of carbonyl (C=O) groups is 1. The lowest BCUT2D eigenvalue weighted by molar-refractivity contribution is -0.119. The molecule has 0 aromatic carbocycles. The molecule has 2 N–H and O–H groups in total. The third-order valence-electron chi connectivity index (χ3n) is 2.19. The minimum absolute atomic E-state index is 0.0854. The van der Waals surface area contributed by atoms with E-state index in [1.165, 1.54) is 0 Å². The Labute approximate surface area is 92.6 Å². The predicted octanol–water partition coefficient (Wildman–Crippen LogP) is -0.305. The van der Waals surface area contributed by atoms with Crippen molar-refractivity contribution in [1.29, 1.82) is 0 Å². The third kappa shape index (κ3) is 3.01. The lowest BCUT2D eigenvalue weighted by Gasteiger charge is -2.22. The van der Waals surface area contributed by atoms with E-state index in [0.717, 1.165) is 6.54 Å². The molecule has 7 heteroatoms. The van der Waals surface area contributed by atoms with Crippen LogP contribution < -0.4 is 10.6 Å². The van der Waals surface area contributed by atoms with Crippen molar-refractivity contribution in [3.63, 3.8) is 0 Å². The molecule has 0 saturated carbocycles. The molecule has 1 aliphatic heterocycles. The fourth-order valence-corrected chi connectivity index (χ4v) is 1.47. The summed E-state index contributed by atoms with van der Waals surface area (Å²) < 4.78 is 10.4. The number of carbonyl (C=O) groups excluding carboxylic acids is 1. The van der Waals surface area contributed by atoms with Gasteiger partial charge in [-0.2, -0.15) is 0 Å². The third-order valence-corrected chi connectivity index (χ3v) is 2.19. The SMILES string of the molecule is Cc1nnc(NC(=O)CC2CNCCO2)o1. The maximum absolute atomic E-state index is 11.5. The van der Waals surface area contributed by atoms with Gasteiger partial charge in [0.25, 0.3) is 0 Å². The van der Waals surface area contributed by atoms with Crippen molar-refractivity contribution in [2.75, 3.05) is 25.0 Å². The lowest BCUT2D eigenvalue weighted by atomic mass is 10.2. The fourth-order valence-electron chi connectivity index (χ4n) is 1.47. The molecule has 1 saturated heterocycles. The summed E-state index contributed by atoms with van der Waals surface area (Å²) in [6.45, 7) is 3.83. The van der Waals surface area contributed by atoms with E-state index >= 15 is 0 Å². The number of morpholine rings is 1. The van der Waals surface area contributed by atoms with Gasteiger partial charge in [0.1, 0.15) is 0 Å². The normalized spacial score (nSPS) is 20.7. The van der Waals surface area contributed by atoms with Gasteiger partial charge in [0, 0.05) is 20.0 Å². The van der Waals surface area contributed by atoms with Gasteiger partial charge in [-0.3, -0.25) is 10.1 Å². The molecule has 2 heterocycles. The lowest BCUT2D eigenvalue weighted by Crippen LogP contribution is -2.40. The van der Waals surface area contributed by atoms with E-state index in [-0.39, 0.29) is 24.4 Å². The van der Waals surface area contributed by atoms with Gasteiger partial charge in [0.05, 0.1) is 19.1 Å². The zero-order valence-electron chi connectivity index (χ0n) is 9.02. The summed E-state index contributed by atoms with van der Waals surface area (Å²) in [5.74, 6) is 0.239. The van der Waals surface area contributed by atoms with Crippen molar-refractivity contribution in [2.45, 2.75) is 19.4 Å². The second-order valence-corrected chi connectivity index (χ2v) is 3.58. The van der Waals surface area contributed by atoms with Crippen LogP contribution in [0.1, 0.15) is 12.3 Å². The topological polar surface area (TPSA) is 89.3 Å². The average Bonchev–Trinajstić information content (AvgIpc) is 2.65. The maximum Gasteiger partial charge on any atom is 0.322 e. The van der Waals surface area contributed by atoms with E-state index in [2.05, 4.69) is 20.8 Å². The number of hydrogen-bond acceptors (Lipinski definition) is 6. The molecular weight excluding hydrogens is 212 g/mol. The Morgan fingerprint density at radius 2 is 2.50 bits per heavy atom. The summed E-state index contributed by atoms with van der Waals surface area (Å²) in [5, 5.41) is 13.0. The first-order valence-electron chi connectivity index (χ1n) is 5.16. The van der Waals surface area contributed by atoms with Crippen molar-refractivity contribution in [2.24, 2.45) is 0 Å². The van der Waals surface area contributed by atoms with E-state index in [0.29, 0.717) is 19.0 Å². The molecule has 1 aliphatic rings. The summed E-state index contributed by atoms with van der Waals surface area (Å²) >= 11 is 0. The molecule has 1 amide bonds. The molecule has 0 spiro atoms. The van der Waals surface area contributed by atoms with E-state index in [9.17, 15) is 4.79 Å². The number of nitrogens with zero attached hydrogens (tertiary/aromatic N) is 2. The average molecular weight is 226 g/mol. The number of hydrogen-bond donors (Lipinski definition) is 2. The second kappa shape index (κ2) is 5.04. The highest BCUT2D eigenvalue weighted by Crippen LogP contribution is 2.07. The van der Waals surface area contributed by atoms with Crippen LogP contribution in [-0.4, -0.2) is 41.9 Å². The Bertz CT molecular complexity index is 359. The van der Waals surface area contributed by atoms with E-state index in [1.807, 2.05) is 0 Å². The summed E-state index contributed by atoms with van der Waals surface area (Å²) in [7, 11) is 0. The molecule has 0 aliphatic carbocycles. The highest BCUT2D eigenvalue weighted by molar-refractivity contribution is 5.88. The van der Waals surface area contributed by atoms with Crippen molar-refractivity contribution in [3.05, 3.63) is 5.89 Å². The summed E-state index contributed by atoms with van der Waals surface area (Å²) in [6, 6.07) is 0.131. The number of anilines is 1. The zero-order valence-corrected chi connectivity index (χ0v) is 9.02. The summed E-state index contributed by atoms with van der Waals surface area (Å²) in [4.78, 5) is 11.5. The zero-order chi connectivity index (χ0) is 11.4. The van der Waals surface area contributed by atoms with E-state index < -0.39 is 0 Å². The van der Waals surface area contributed by atoms with Gasteiger partial charge in [-0.25, -0.2) is 0 Å². The minimum atomic E-state index is -0.183. The Morgan fingerprint density at radius 1 is 1.62 bits per heavy atom. The van der Waals surface area contributed by atoms with Crippen molar-refractivity contribution in [1.82, 2.24) is 15.5 Å². The fraction of sp³-hybridized carbons (Fsp3) is 0.667. The molecule has 88 valence electrons. The van der Waals surface area contributed by atoms with E-state index in [4.69, 9.17) is 9.15 Å². The molecular formula is C9H14N4O3. The molecule has 1 aromatic heterocycles. The Balaban J connectivity index is 1.79. The summed E-state index contributed by atoms with van der Waals surface area (Å²) in [5.41, 5.74) is 0. The first-order chi connectivity index (χ1) is 7.74. The molecule has 0 bridgehead atoms. The van der Waals surface area contributed by atoms with Crippen LogP contribution in [0.4, 0.5) is 6.01 Å². The quantitative estimate of drug-likeness (QED) is 0.735. The van der Waals surface area contributed by atoms with Gasteiger partial charge in [-0.05, 0) is 0 Å². The van der Waals surface area contributed by atoms with Crippen LogP contribution >= 0.6 is 0 Å². The van der Waals surface area contributed by atoms with Gasteiger partial charge in [-0.15, -0.1) is 5.10 Å². The van der Waals surface area contributed by atoms with Crippen LogP contribution in [-0.2, 0) is 9.53 Å². The van der Waals surface area contributed by atoms with Crippen LogP contribution in [0, 0.1) is 6.92 Å². The maximum atomic E-state index is 11.5. The first kappa shape index (κ1) is 11.0. The van der Waals surface area contributed by atoms with Gasteiger partial charge < -0.3 is 14.5 Å². The molecule has 1 fully saturated rings. The Morgan fingerprint density at radius 3 is 3.12 bits per heavy atom. The van der Waals surface area contributed by atoms with Gasteiger partial charge in [0.15, 0.2) is 0 Å². The second-order valence-electron chi connectivity index (χ2n) is 3.58. The number of ether oxygens (including phenoxy) is 1. The number of aryl methyl sites for hydroxylation is 1. The number of aromatic nitrogens is 2. The molecule has 16 heavy (non-hydrogen) atoms. The van der Waals surface area contributed by atoms with Crippen LogP contribution in [0.15, 0.2) is 4.42 Å². The molecule has 1 unspecified atom stereocenters. The van der Waals surface area contributed by atoms with E-state index in [1.54, 1.807) is 6.92 Å². The van der Waals surface area contributed by atoms with Gasteiger partial charge in [-0.1, -0.05) is 5.10 Å². The van der Waals surface area contributed by atoms with Crippen molar-refractivity contribution >= 4 is 11.9 Å². The van der Waals surface area contributed by atoms with Gasteiger partial charge >= 0.3 is 6.01 Å². The van der Waals surface area contributed by atoms with Crippen molar-refractivity contribution in [3.8, 4) is 0 Å². The highest BCUT2D eigenvalue weighted by Gasteiger charge is 2.18. The molecule has 7 nitrogen and oxygen atoms in total. The summed E-state index contributed by atoms with van der Waals surface area (Å²) in [6.07, 6.45) is 0.201. The Hall–Kier alpha value is -1.47. The standard InChI is InChI=1S/C9H14N4O3/c1-6-12-13-9(16-6)11-8(14)4-7-5-10-2-3-15-7/h7,10H,2-5H2,1H3,(H,11,13,14). The monoisotopic (exact) mass is 226 g/mol. The number of amides is 1. The molecule has 1 aromatic rings. The van der Waals surface area contributed by atoms with Crippen LogP contribution in [0.5, 0.6) is 0 Å². The molecule has 1 atom stereocenters. The molecule has 2 rings (SSSR count). The van der Waals surface area contributed by atoms with Crippen LogP contribution in [0.3, 0.4) is 0 Å². The predicted molar refractivity (Wildman–Crippen MR) is 54.9 cm³/mol. The number of rotatable bonds is 3. The van der Waals surface area contributed by atoms with Crippen molar-refractivity contribution < 1.29 is 13.9 Å². The smallest absolute Gasteiger partial charge is 0.322 e. The first-order valence-corrected chi connectivity index (χ1v) is 5.16. The number of nitrogens with one attached hydrogen (secondary N) is 2. The molecule has 0 radical (unpaired) electrons. The Kier molecular flexibility index (Phi) is 3.47. The largest absolute Gasteiger partial charge is 0.408 e. The van der Waals surface area contributed by atoms with Crippen LogP contribution in [0.25, 0.3) is 0 Å². The van der Waals surface area contributed by atoms with Crippen LogP contribution in [0.2, 0.25) is 0 Å². The minimum Gasteiger partial charge on any atom is -0.408 e. The highest BCUT2D eigenvalue weighted by atomic mass is 16.5.